The van der Waals surface area contributed by atoms with E-state index in [0.717, 1.165) is 48.2 Å². The molecule has 2 aromatic rings. The Hall–Kier alpha value is -2.82. The first-order valence-electron chi connectivity index (χ1n) is 9.62. The maximum absolute atomic E-state index is 12.5. The Morgan fingerprint density at radius 1 is 1.19 bits per heavy atom. The van der Waals surface area contributed by atoms with Crippen LogP contribution in [0.2, 0.25) is 0 Å². The predicted molar refractivity (Wildman–Crippen MR) is 110 cm³/mol. The van der Waals surface area contributed by atoms with Crippen LogP contribution in [0.5, 0.6) is 5.75 Å². The third kappa shape index (κ3) is 4.67. The summed E-state index contributed by atoms with van der Waals surface area (Å²) in [6, 6.07) is 13.0. The Morgan fingerprint density at radius 2 is 1.93 bits per heavy atom. The van der Waals surface area contributed by atoms with Crippen LogP contribution in [0.25, 0.3) is 0 Å². The summed E-state index contributed by atoms with van der Waals surface area (Å²) in [4.78, 5) is 16.8. The van der Waals surface area contributed by atoms with Crippen molar-refractivity contribution in [3.63, 3.8) is 0 Å². The van der Waals surface area contributed by atoms with Crippen molar-refractivity contribution in [1.82, 2.24) is 0 Å². The highest BCUT2D eigenvalue weighted by molar-refractivity contribution is 6.05. The molecule has 1 aliphatic rings. The molecule has 1 atom stereocenters. The van der Waals surface area contributed by atoms with Gasteiger partial charge in [-0.2, -0.15) is 0 Å². The first-order valence-corrected chi connectivity index (χ1v) is 9.62. The van der Waals surface area contributed by atoms with Crippen LogP contribution in [0, 0.1) is 0 Å². The summed E-state index contributed by atoms with van der Waals surface area (Å²) >= 11 is 0. The van der Waals surface area contributed by atoms with Gasteiger partial charge in [0.15, 0.2) is 0 Å². The smallest absolute Gasteiger partial charge is 0.255 e. The van der Waals surface area contributed by atoms with E-state index in [1.807, 2.05) is 30.3 Å². The molecular formula is C22H27N3O2. The fourth-order valence-corrected chi connectivity index (χ4v) is 3.13. The zero-order chi connectivity index (χ0) is 19.2. The lowest BCUT2D eigenvalue weighted by molar-refractivity contribution is 0.102. The van der Waals surface area contributed by atoms with E-state index >= 15 is 0 Å². The number of carbonyl (C=O) groups is 1. The summed E-state index contributed by atoms with van der Waals surface area (Å²) in [5.74, 6) is 1.29. The molecule has 2 aromatic carbocycles. The van der Waals surface area contributed by atoms with Gasteiger partial charge >= 0.3 is 0 Å². The molecule has 27 heavy (non-hydrogen) atoms. The molecule has 0 saturated carbocycles. The molecule has 1 heterocycles. The molecule has 5 nitrogen and oxygen atoms in total. The summed E-state index contributed by atoms with van der Waals surface area (Å²) in [6.07, 6.45) is 4.25. The van der Waals surface area contributed by atoms with Gasteiger partial charge in [-0.05, 0) is 61.6 Å². The van der Waals surface area contributed by atoms with Gasteiger partial charge in [0, 0.05) is 23.4 Å². The van der Waals surface area contributed by atoms with Crippen LogP contribution in [-0.2, 0) is 6.42 Å². The lowest BCUT2D eigenvalue weighted by Gasteiger charge is -2.25. The fraction of sp³-hybridized carbons (Fsp3) is 0.364. The van der Waals surface area contributed by atoms with E-state index in [-0.39, 0.29) is 5.91 Å². The zero-order valence-electron chi connectivity index (χ0n) is 16.0. The second-order valence-electron chi connectivity index (χ2n) is 6.81. The number of nitrogens with zero attached hydrogens (tertiary/aromatic N) is 1. The number of benzene rings is 2. The van der Waals surface area contributed by atoms with Crippen LogP contribution < -0.4 is 15.8 Å². The number of anilines is 1. The molecule has 0 radical (unpaired) electrons. The predicted octanol–water partition coefficient (Wildman–Crippen LogP) is 4.16. The second kappa shape index (κ2) is 8.71. The Morgan fingerprint density at radius 3 is 2.63 bits per heavy atom. The lowest BCUT2D eigenvalue weighted by atomic mass is 10.0. The third-order valence-corrected chi connectivity index (χ3v) is 4.75. The number of aryl methyl sites for hydroxylation is 1. The van der Waals surface area contributed by atoms with Gasteiger partial charge in [0.2, 0.25) is 0 Å². The SMILES string of the molecule is CCCN=C(N)c1ccc(C(=O)Nc2ccc3c(c2)CCC(CC)O3)cc1. The number of nitrogens with two attached hydrogens (primary N) is 1. The molecule has 0 bridgehead atoms. The van der Waals surface area contributed by atoms with Crippen LogP contribution in [0.4, 0.5) is 5.69 Å². The van der Waals surface area contributed by atoms with Crippen molar-refractivity contribution in [2.45, 2.75) is 45.6 Å². The van der Waals surface area contributed by atoms with Crippen molar-refractivity contribution in [1.29, 1.82) is 0 Å². The maximum atomic E-state index is 12.5. The van der Waals surface area contributed by atoms with Gasteiger partial charge in [0.1, 0.15) is 11.6 Å². The number of carbonyl (C=O) groups excluding carboxylic acids is 1. The summed E-state index contributed by atoms with van der Waals surface area (Å²) in [5, 5.41) is 2.96. The Bertz CT molecular complexity index is 828. The zero-order valence-corrected chi connectivity index (χ0v) is 16.0. The standard InChI is InChI=1S/C22H27N3O2/c1-3-13-24-21(23)15-5-7-16(8-6-15)22(26)25-18-10-12-20-17(14-18)9-11-19(4-2)27-20/h5-8,10,12,14,19H,3-4,9,11,13H2,1-2H3,(H2,23,24)(H,25,26). The molecule has 0 aliphatic carbocycles. The summed E-state index contributed by atoms with van der Waals surface area (Å²) < 4.78 is 5.95. The van der Waals surface area contributed by atoms with Crippen molar-refractivity contribution in [2.24, 2.45) is 10.7 Å². The molecule has 1 amide bonds. The number of hydrogen-bond acceptors (Lipinski definition) is 3. The molecular weight excluding hydrogens is 338 g/mol. The number of rotatable bonds is 6. The van der Waals surface area contributed by atoms with Crippen molar-refractivity contribution >= 4 is 17.4 Å². The monoisotopic (exact) mass is 365 g/mol. The minimum atomic E-state index is -0.145. The number of aliphatic imine (C=N–C) groups is 1. The van der Waals surface area contributed by atoms with E-state index in [4.69, 9.17) is 10.5 Å². The van der Waals surface area contributed by atoms with Gasteiger partial charge in [-0.25, -0.2) is 0 Å². The van der Waals surface area contributed by atoms with E-state index in [1.165, 1.54) is 0 Å². The Labute approximate surface area is 160 Å². The lowest BCUT2D eigenvalue weighted by Crippen LogP contribution is -2.21. The average Bonchev–Trinajstić information content (AvgIpc) is 2.71. The van der Waals surface area contributed by atoms with Crippen molar-refractivity contribution in [2.75, 3.05) is 11.9 Å². The molecule has 3 rings (SSSR count). The number of ether oxygens (including phenoxy) is 1. The van der Waals surface area contributed by atoms with Crippen molar-refractivity contribution in [3.8, 4) is 5.75 Å². The summed E-state index contributed by atoms with van der Waals surface area (Å²) in [6.45, 7) is 4.90. The first kappa shape index (κ1) is 19.0. The van der Waals surface area contributed by atoms with Gasteiger partial charge < -0.3 is 15.8 Å². The minimum absolute atomic E-state index is 0.145. The molecule has 3 N–H and O–H groups in total. The topological polar surface area (TPSA) is 76.7 Å². The quantitative estimate of drug-likeness (QED) is 0.596. The van der Waals surface area contributed by atoms with Gasteiger partial charge in [0.05, 0.1) is 6.10 Å². The number of amides is 1. The average molecular weight is 365 g/mol. The normalized spacial score (nSPS) is 16.4. The van der Waals surface area contributed by atoms with Crippen LogP contribution in [0.15, 0.2) is 47.5 Å². The Balaban J connectivity index is 1.67. The van der Waals surface area contributed by atoms with E-state index in [1.54, 1.807) is 12.1 Å². The number of hydrogen-bond donors (Lipinski definition) is 2. The van der Waals surface area contributed by atoms with Gasteiger partial charge in [-0.1, -0.05) is 26.0 Å². The van der Waals surface area contributed by atoms with Crippen LogP contribution in [0.1, 0.15) is 54.6 Å². The summed E-state index contributed by atoms with van der Waals surface area (Å²) in [7, 11) is 0. The van der Waals surface area contributed by atoms with E-state index in [0.29, 0.717) is 24.0 Å². The highest BCUT2D eigenvalue weighted by atomic mass is 16.5. The number of nitrogens with one attached hydrogen (secondary N) is 1. The van der Waals surface area contributed by atoms with E-state index < -0.39 is 0 Å². The van der Waals surface area contributed by atoms with Crippen molar-refractivity contribution < 1.29 is 9.53 Å². The highest BCUT2D eigenvalue weighted by Crippen LogP contribution is 2.31. The molecule has 1 unspecified atom stereocenters. The molecule has 142 valence electrons. The van der Waals surface area contributed by atoms with Gasteiger partial charge in [-0.3, -0.25) is 9.79 Å². The van der Waals surface area contributed by atoms with Gasteiger partial charge in [0.25, 0.3) is 5.91 Å². The largest absolute Gasteiger partial charge is 0.490 e. The van der Waals surface area contributed by atoms with Crippen LogP contribution in [-0.4, -0.2) is 24.4 Å². The second-order valence-corrected chi connectivity index (χ2v) is 6.81. The molecule has 0 aromatic heterocycles. The maximum Gasteiger partial charge on any atom is 0.255 e. The molecule has 0 saturated heterocycles. The molecule has 0 spiro atoms. The minimum Gasteiger partial charge on any atom is -0.490 e. The number of amidine groups is 1. The molecule has 0 fully saturated rings. The first-order chi connectivity index (χ1) is 13.1. The van der Waals surface area contributed by atoms with Crippen molar-refractivity contribution in [3.05, 3.63) is 59.2 Å². The Kier molecular flexibility index (Phi) is 6.12. The van der Waals surface area contributed by atoms with E-state index in [2.05, 4.69) is 24.2 Å². The van der Waals surface area contributed by atoms with Crippen LogP contribution >= 0.6 is 0 Å². The third-order valence-electron chi connectivity index (χ3n) is 4.75. The summed E-state index contributed by atoms with van der Waals surface area (Å²) in [5.41, 5.74) is 9.30. The molecule has 1 aliphatic heterocycles. The van der Waals surface area contributed by atoms with Crippen LogP contribution in [0.3, 0.4) is 0 Å². The fourth-order valence-electron chi connectivity index (χ4n) is 3.13. The number of fused-ring (bicyclic) bond motifs is 1. The van der Waals surface area contributed by atoms with Gasteiger partial charge in [-0.15, -0.1) is 0 Å². The highest BCUT2D eigenvalue weighted by Gasteiger charge is 2.18. The van der Waals surface area contributed by atoms with E-state index in [9.17, 15) is 4.79 Å². The molecule has 5 heteroatoms.